The summed E-state index contributed by atoms with van der Waals surface area (Å²) >= 11 is 0. The van der Waals surface area contributed by atoms with Crippen molar-refractivity contribution in [3.8, 4) is 5.75 Å². The van der Waals surface area contributed by atoms with Crippen LogP contribution in [0, 0.1) is 0 Å². The molecule has 37 heavy (non-hydrogen) atoms. The van der Waals surface area contributed by atoms with Gasteiger partial charge in [0, 0.05) is 50.0 Å². The number of likely N-dealkylation sites (tertiary alicyclic amines) is 1. The first-order valence-electron chi connectivity index (χ1n) is 12.6. The van der Waals surface area contributed by atoms with E-state index >= 15 is 0 Å². The molecule has 3 heterocycles. The predicted molar refractivity (Wildman–Crippen MR) is 137 cm³/mol. The fourth-order valence-corrected chi connectivity index (χ4v) is 5.41. The molecule has 1 N–H and O–H groups in total. The van der Waals surface area contributed by atoms with E-state index in [4.69, 9.17) is 9.47 Å². The van der Waals surface area contributed by atoms with Crippen LogP contribution in [0.3, 0.4) is 0 Å². The zero-order valence-electron chi connectivity index (χ0n) is 21.1. The van der Waals surface area contributed by atoms with Crippen LogP contribution in [0.2, 0.25) is 0 Å². The van der Waals surface area contributed by atoms with Gasteiger partial charge in [0.15, 0.2) is 5.54 Å². The Hall–Kier alpha value is -3.69. The van der Waals surface area contributed by atoms with Gasteiger partial charge in [-0.2, -0.15) is 0 Å². The highest BCUT2D eigenvalue weighted by Gasteiger charge is 2.66. The summed E-state index contributed by atoms with van der Waals surface area (Å²) in [4.78, 5) is 46.1. The van der Waals surface area contributed by atoms with Crippen LogP contribution in [-0.2, 0) is 24.7 Å². The quantitative estimate of drug-likeness (QED) is 0.350. The topological polar surface area (TPSA) is 99.6 Å². The lowest BCUT2D eigenvalue weighted by Gasteiger charge is -2.36. The highest BCUT2D eigenvalue weighted by atomic mass is 16.5. The van der Waals surface area contributed by atoms with E-state index in [9.17, 15) is 19.5 Å². The van der Waals surface area contributed by atoms with E-state index in [1.807, 2.05) is 6.92 Å². The van der Waals surface area contributed by atoms with E-state index in [1.54, 1.807) is 55.6 Å². The molecule has 2 saturated heterocycles. The van der Waals surface area contributed by atoms with Crippen LogP contribution in [0.4, 0.5) is 5.69 Å². The number of ketones is 1. The van der Waals surface area contributed by atoms with Crippen molar-refractivity contribution >= 4 is 29.0 Å². The Morgan fingerprint density at radius 1 is 1.03 bits per heavy atom. The van der Waals surface area contributed by atoms with Crippen molar-refractivity contribution in [3.05, 3.63) is 65.2 Å². The van der Waals surface area contributed by atoms with Gasteiger partial charge in [0.1, 0.15) is 11.5 Å². The van der Waals surface area contributed by atoms with Gasteiger partial charge in [0.2, 0.25) is 0 Å². The number of carbonyl (C=O) groups is 3. The summed E-state index contributed by atoms with van der Waals surface area (Å²) in [7, 11) is 1.62. The maximum atomic E-state index is 14.0. The maximum absolute atomic E-state index is 14.0. The van der Waals surface area contributed by atoms with Gasteiger partial charge >= 0.3 is 0 Å². The van der Waals surface area contributed by atoms with Gasteiger partial charge in [-0.3, -0.25) is 19.3 Å². The number of Topliss-reactive ketones (excluding diaryl/α,β-unsaturated/α-hetero) is 1. The molecule has 9 nitrogen and oxygen atoms in total. The summed E-state index contributed by atoms with van der Waals surface area (Å²) in [6, 6.07) is 13.8. The Kier molecular flexibility index (Phi) is 6.74. The van der Waals surface area contributed by atoms with Crippen molar-refractivity contribution in [1.82, 2.24) is 9.80 Å². The minimum atomic E-state index is -1.74. The molecule has 2 aromatic carbocycles. The Bertz CT molecular complexity index is 1250. The molecule has 1 atom stereocenters. The number of amides is 2. The normalized spacial score (nSPS) is 23.2. The van der Waals surface area contributed by atoms with Gasteiger partial charge < -0.3 is 24.4 Å². The fraction of sp³-hybridized carbons (Fsp3) is 0.393. The minimum Gasteiger partial charge on any atom is -0.507 e. The molecule has 3 aliphatic rings. The number of nitrogens with zero attached hydrogens (tertiary/aromatic N) is 3. The van der Waals surface area contributed by atoms with Gasteiger partial charge in [-0.25, -0.2) is 0 Å². The number of anilines is 1. The van der Waals surface area contributed by atoms with Gasteiger partial charge in [-0.1, -0.05) is 25.1 Å². The minimum absolute atomic E-state index is 0.152. The van der Waals surface area contributed by atoms with Crippen molar-refractivity contribution in [2.24, 2.45) is 0 Å². The average Bonchev–Trinajstić information content (AvgIpc) is 3.29. The molecule has 2 fully saturated rings. The molecule has 0 aliphatic carbocycles. The largest absolute Gasteiger partial charge is 0.507 e. The molecule has 2 aromatic rings. The van der Waals surface area contributed by atoms with Crippen molar-refractivity contribution in [3.63, 3.8) is 0 Å². The molecule has 1 unspecified atom stereocenters. The molecule has 194 valence electrons. The zero-order chi connectivity index (χ0) is 26.2. The number of benzene rings is 2. The smallest absolute Gasteiger partial charge is 0.296 e. The van der Waals surface area contributed by atoms with Gasteiger partial charge in [-0.15, -0.1) is 0 Å². The van der Waals surface area contributed by atoms with Crippen molar-refractivity contribution in [1.29, 1.82) is 0 Å². The molecule has 0 saturated carbocycles. The van der Waals surface area contributed by atoms with Crippen LogP contribution in [0.1, 0.15) is 24.5 Å². The SMILES string of the molecule is CCCOc1ccc(C(O)=C2C(=O)C(=O)N(CCN3CCOCC3)C23C(=O)N(C)c2ccccc23)cc1. The highest BCUT2D eigenvalue weighted by Crippen LogP contribution is 2.53. The maximum Gasteiger partial charge on any atom is 0.296 e. The first-order valence-corrected chi connectivity index (χ1v) is 12.6. The zero-order valence-corrected chi connectivity index (χ0v) is 21.1. The number of hydrogen-bond donors (Lipinski definition) is 1. The van der Waals surface area contributed by atoms with Crippen molar-refractivity contribution in [2.45, 2.75) is 18.9 Å². The molecule has 3 aliphatic heterocycles. The van der Waals surface area contributed by atoms with Crippen LogP contribution in [0.15, 0.2) is 54.1 Å². The lowest BCUT2D eigenvalue weighted by atomic mass is 9.82. The van der Waals surface area contributed by atoms with Crippen LogP contribution < -0.4 is 9.64 Å². The van der Waals surface area contributed by atoms with Crippen LogP contribution in [-0.4, -0.2) is 85.6 Å². The number of carbonyl (C=O) groups excluding carboxylic acids is 3. The first kappa shape index (κ1) is 25.0. The Morgan fingerprint density at radius 2 is 1.73 bits per heavy atom. The van der Waals surface area contributed by atoms with Gasteiger partial charge in [-0.05, 0) is 36.8 Å². The average molecular weight is 506 g/mol. The monoisotopic (exact) mass is 505 g/mol. The van der Waals surface area contributed by atoms with E-state index in [1.165, 1.54) is 9.80 Å². The molecule has 5 rings (SSSR count). The number of hydrogen-bond acceptors (Lipinski definition) is 7. The standard InChI is InChI=1S/C28H31N3O6/c1-3-16-37-20-10-8-19(9-11-20)24(32)23-25(33)26(34)31(13-12-30-14-17-36-18-15-30)28(23)21-6-4-5-7-22(21)29(2)27(28)35/h4-11,32H,3,12-18H2,1-2H3. The number of fused-ring (bicyclic) bond motifs is 2. The van der Waals surface area contributed by atoms with E-state index < -0.39 is 23.1 Å². The molecule has 0 radical (unpaired) electrons. The van der Waals surface area contributed by atoms with E-state index in [-0.39, 0.29) is 17.9 Å². The van der Waals surface area contributed by atoms with Gasteiger partial charge in [0.25, 0.3) is 17.6 Å². The first-order chi connectivity index (χ1) is 17.9. The molecule has 1 spiro atoms. The molecule has 2 amide bonds. The summed E-state index contributed by atoms with van der Waals surface area (Å²) in [6.45, 7) is 5.77. The lowest BCUT2D eigenvalue weighted by molar-refractivity contribution is -0.144. The summed E-state index contributed by atoms with van der Waals surface area (Å²) in [5, 5.41) is 11.5. The molecular formula is C28H31N3O6. The second kappa shape index (κ2) is 9.99. The summed E-state index contributed by atoms with van der Waals surface area (Å²) in [5.41, 5.74) is -0.515. The number of rotatable bonds is 7. The van der Waals surface area contributed by atoms with Crippen molar-refractivity contribution < 1.29 is 29.0 Å². The van der Waals surface area contributed by atoms with Gasteiger partial charge in [0.05, 0.1) is 25.4 Å². The predicted octanol–water partition coefficient (Wildman–Crippen LogP) is 2.36. The van der Waals surface area contributed by atoms with Crippen molar-refractivity contribution in [2.75, 3.05) is 57.9 Å². The van der Waals surface area contributed by atoms with Crippen LogP contribution >= 0.6 is 0 Å². The molecule has 0 aromatic heterocycles. The Labute approximate surface area is 215 Å². The number of likely N-dealkylation sites (N-methyl/N-ethyl adjacent to an activating group) is 1. The molecular weight excluding hydrogens is 474 g/mol. The van der Waals surface area contributed by atoms with E-state index in [0.717, 1.165) is 6.42 Å². The van der Waals surface area contributed by atoms with Crippen LogP contribution in [0.5, 0.6) is 5.75 Å². The van der Waals surface area contributed by atoms with Crippen LogP contribution in [0.25, 0.3) is 5.76 Å². The number of ether oxygens (including phenoxy) is 2. The van der Waals surface area contributed by atoms with E-state index in [0.29, 0.717) is 62.0 Å². The number of aliphatic hydroxyl groups is 1. The van der Waals surface area contributed by atoms with E-state index in [2.05, 4.69) is 4.90 Å². The fourth-order valence-electron chi connectivity index (χ4n) is 5.41. The molecule has 9 heteroatoms. The second-order valence-electron chi connectivity index (χ2n) is 9.43. The molecule has 0 bridgehead atoms. The number of para-hydroxylation sites is 1. The summed E-state index contributed by atoms with van der Waals surface area (Å²) in [6.07, 6.45) is 0.853. The highest BCUT2D eigenvalue weighted by molar-refractivity contribution is 6.50. The number of morpholine rings is 1. The third kappa shape index (κ3) is 3.98. The lowest BCUT2D eigenvalue weighted by Crippen LogP contribution is -2.53. The summed E-state index contributed by atoms with van der Waals surface area (Å²) in [5.74, 6) is -1.87. The number of aliphatic hydroxyl groups excluding tert-OH is 1. The summed E-state index contributed by atoms with van der Waals surface area (Å²) < 4.78 is 11.1. The third-order valence-electron chi connectivity index (χ3n) is 7.28. The Balaban J connectivity index is 1.63. The Morgan fingerprint density at radius 3 is 2.43 bits per heavy atom. The third-order valence-corrected chi connectivity index (χ3v) is 7.28. The second-order valence-corrected chi connectivity index (χ2v) is 9.43.